The maximum absolute atomic E-state index is 13.0. The van der Waals surface area contributed by atoms with Crippen LogP contribution < -0.4 is 10.1 Å². The summed E-state index contributed by atoms with van der Waals surface area (Å²) in [6.45, 7) is 3.68. The predicted octanol–water partition coefficient (Wildman–Crippen LogP) is 3.92. The number of benzene rings is 2. The molecule has 0 aliphatic rings. The number of rotatable bonds is 10. The van der Waals surface area contributed by atoms with E-state index in [1.54, 1.807) is 24.3 Å². The molecule has 0 spiro atoms. The molecule has 0 saturated heterocycles. The van der Waals surface area contributed by atoms with Crippen LogP contribution in [0.25, 0.3) is 0 Å². The van der Waals surface area contributed by atoms with E-state index in [2.05, 4.69) is 21.2 Å². The zero-order chi connectivity index (χ0) is 22.3. The van der Waals surface area contributed by atoms with Crippen molar-refractivity contribution in [2.45, 2.75) is 26.5 Å². The monoisotopic (exact) mass is 479 g/mol. The van der Waals surface area contributed by atoms with E-state index in [-0.39, 0.29) is 36.6 Å². The van der Waals surface area contributed by atoms with Crippen molar-refractivity contribution in [2.24, 2.45) is 5.92 Å². The minimum absolute atomic E-state index is 0.0336. The number of carboxylic acid groups (broad SMARTS) is 1. The van der Waals surface area contributed by atoms with Crippen LogP contribution in [0.2, 0.25) is 0 Å². The first-order chi connectivity index (χ1) is 14.2. The fourth-order valence-electron chi connectivity index (χ4n) is 2.53. The van der Waals surface area contributed by atoms with Crippen molar-refractivity contribution in [1.29, 1.82) is 0 Å². The average Bonchev–Trinajstić information content (AvgIpc) is 2.70. The molecular weight excluding hydrogens is 457 g/mol. The number of ether oxygens (including phenoxy) is 1. The molecule has 8 heteroatoms. The van der Waals surface area contributed by atoms with Gasteiger partial charge in [-0.1, -0.05) is 41.9 Å². The minimum atomic E-state index is -1.39. The van der Waals surface area contributed by atoms with E-state index >= 15 is 0 Å². The summed E-state index contributed by atoms with van der Waals surface area (Å²) in [6.07, 6.45) is 1.12. The molecule has 0 aliphatic carbocycles. The van der Waals surface area contributed by atoms with Gasteiger partial charge in [0.2, 0.25) is 5.78 Å². The Labute approximate surface area is 182 Å². The number of aliphatic hydroxyl groups is 1. The number of carboxylic acids is 1. The number of carbonyl (C=O) groups excluding carboxylic acids is 1. The van der Waals surface area contributed by atoms with Gasteiger partial charge < -0.3 is 20.3 Å². The third-order valence-corrected chi connectivity index (χ3v) is 5.11. The first-order valence-corrected chi connectivity index (χ1v) is 10.0. The SMILES string of the molecule is CC(C)C(CO)N/C=C(/C(=O)O)C(=O)c1cc(OCc2ccc(F)cc2)ccc1Br. The van der Waals surface area contributed by atoms with Crippen LogP contribution >= 0.6 is 15.9 Å². The molecule has 0 saturated carbocycles. The van der Waals surface area contributed by atoms with Crippen LogP contribution in [0.15, 0.2) is 58.7 Å². The summed E-state index contributed by atoms with van der Waals surface area (Å²) < 4.78 is 19.1. The van der Waals surface area contributed by atoms with E-state index in [9.17, 15) is 24.2 Å². The number of Topliss-reactive ketones (excluding diaryl/α,β-unsaturated/α-hetero) is 1. The van der Waals surface area contributed by atoms with Crippen LogP contribution in [0.3, 0.4) is 0 Å². The second-order valence-electron chi connectivity index (χ2n) is 6.95. The van der Waals surface area contributed by atoms with Crippen LogP contribution in [0.1, 0.15) is 29.8 Å². The fourth-order valence-corrected chi connectivity index (χ4v) is 2.96. The average molecular weight is 480 g/mol. The first-order valence-electron chi connectivity index (χ1n) is 9.24. The fraction of sp³-hybridized carbons (Fsp3) is 0.273. The Morgan fingerprint density at radius 1 is 1.20 bits per heavy atom. The van der Waals surface area contributed by atoms with E-state index in [1.807, 2.05) is 13.8 Å². The number of hydrogen-bond donors (Lipinski definition) is 3. The lowest BCUT2D eigenvalue weighted by atomic mass is 10.0. The molecule has 0 bridgehead atoms. The molecule has 0 aliphatic heterocycles. The van der Waals surface area contributed by atoms with Gasteiger partial charge >= 0.3 is 5.97 Å². The Bertz CT molecular complexity index is 928. The summed E-state index contributed by atoms with van der Waals surface area (Å²) >= 11 is 3.27. The second-order valence-corrected chi connectivity index (χ2v) is 7.80. The molecule has 30 heavy (non-hydrogen) atoms. The maximum Gasteiger partial charge on any atom is 0.341 e. The first kappa shape index (κ1) is 23.6. The van der Waals surface area contributed by atoms with Crippen LogP contribution in [0.5, 0.6) is 5.75 Å². The van der Waals surface area contributed by atoms with Gasteiger partial charge in [0.05, 0.1) is 12.6 Å². The van der Waals surface area contributed by atoms with Crippen LogP contribution in [-0.4, -0.2) is 34.6 Å². The van der Waals surface area contributed by atoms with Crippen LogP contribution in [0, 0.1) is 11.7 Å². The van der Waals surface area contributed by atoms with Crippen molar-refractivity contribution >= 4 is 27.7 Å². The third kappa shape index (κ3) is 6.40. The third-order valence-electron chi connectivity index (χ3n) is 4.42. The minimum Gasteiger partial charge on any atom is -0.489 e. The molecule has 2 rings (SSSR count). The Hall–Kier alpha value is -2.71. The second kappa shape index (κ2) is 10.9. The van der Waals surface area contributed by atoms with E-state index < -0.39 is 17.3 Å². The number of carbonyl (C=O) groups is 2. The molecular formula is C22H23BrFNO5. The quantitative estimate of drug-likeness (QED) is 0.207. The van der Waals surface area contributed by atoms with Crippen molar-refractivity contribution in [3.63, 3.8) is 0 Å². The Morgan fingerprint density at radius 3 is 2.43 bits per heavy atom. The maximum atomic E-state index is 13.0. The summed E-state index contributed by atoms with van der Waals surface area (Å²) in [5, 5.41) is 21.7. The van der Waals surface area contributed by atoms with Gasteiger partial charge in [0, 0.05) is 16.2 Å². The normalized spacial score (nSPS) is 12.5. The molecule has 6 nitrogen and oxygen atoms in total. The summed E-state index contributed by atoms with van der Waals surface area (Å²) in [5.41, 5.74) is 0.392. The lowest BCUT2D eigenvalue weighted by Crippen LogP contribution is -2.34. The van der Waals surface area contributed by atoms with Crippen LogP contribution in [0.4, 0.5) is 4.39 Å². The Morgan fingerprint density at radius 2 is 1.87 bits per heavy atom. The van der Waals surface area contributed by atoms with E-state index in [4.69, 9.17) is 4.74 Å². The zero-order valence-corrected chi connectivity index (χ0v) is 18.1. The molecule has 2 aromatic rings. The largest absolute Gasteiger partial charge is 0.489 e. The molecule has 0 fully saturated rings. The topological polar surface area (TPSA) is 95.9 Å². The van der Waals surface area contributed by atoms with Gasteiger partial charge in [-0.3, -0.25) is 4.79 Å². The Balaban J connectivity index is 2.22. The van der Waals surface area contributed by atoms with Gasteiger partial charge in [-0.05, 0) is 41.8 Å². The highest BCUT2D eigenvalue weighted by molar-refractivity contribution is 9.10. The number of aliphatic carboxylic acids is 1. The number of nitrogens with one attached hydrogen (secondary N) is 1. The van der Waals surface area contributed by atoms with Gasteiger partial charge in [0.25, 0.3) is 0 Å². The van der Waals surface area contributed by atoms with Gasteiger partial charge in [-0.15, -0.1) is 0 Å². The standard InChI is InChI=1S/C22H23BrFNO5/c1-13(2)20(11-26)25-10-18(22(28)29)21(27)17-9-16(7-8-19(17)23)30-12-14-3-5-15(24)6-4-14/h3-10,13,20,25-26H,11-12H2,1-2H3,(H,28,29)/b18-10+. The van der Waals surface area contributed by atoms with Gasteiger partial charge in [0.15, 0.2) is 0 Å². The summed E-state index contributed by atoms with van der Waals surface area (Å²) in [7, 11) is 0. The van der Waals surface area contributed by atoms with E-state index in [1.165, 1.54) is 18.2 Å². The Kier molecular flexibility index (Phi) is 8.56. The molecule has 0 heterocycles. The smallest absolute Gasteiger partial charge is 0.341 e. The highest BCUT2D eigenvalue weighted by Gasteiger charge is 2.23. The molecule has 1 atom stereocenters. The predicted molar refractivity (Wildman–Crippen MR) is 114 cm³/mol. The van der Waals surface area contributed by atoms with Crippen molar-refractivity contribution in [3.8, 4) is 5.75 Å². The highest BCUT2D eigenvalue weighted by Crippen LogP contribution is 2.26. The summed E-state index contributed by atoms with van der Waals surface area (Å²) in [4.78, 5) is 24.5. The lowest BCUT2D eigenvalue weighted by Gasteiger charge is -2.19. The number of aliphatic hydroxyl groups excluding tert-OH is 1. The molecule has 0 amide bonds. The number of ketones is 1. The number of hydrogen-bond acceptors (Lipinski definition) is 5. The molecule has 0 radical (unpaired) electrons. The van der Waals surface area contributed by atoms with E-state index in [0.29, 0.717) is 10.2 Å². The molecule has 2 aromatic carbocycles. The molecule has 3 N–H and O–H groups in total. The van der Waals surface area contributed by atoms with Crippen molar-refractivity contribution in [3.05, 3.63) is 75.7 Å². The molecule has 160 valence electrons. The highest BCUT2D eigenvalue weighted by atomic mass is 79.9. The molecule has 1 unspecified atom stereocenters. The zero-order valence-electron chi connectivity index (χ0n) is 16.6. The van der Waals surface area contributed by atoms with Crippen LogP contribution in [-0.2, 0) is 11.4 Å². The number of halogens is 2. The van der Waals surface area contributed by atoms with Crippen molar-refractivity contribution in [2.75, 3.05) is 6.61 Å². The van der Waals surface area contributed by atoms with Crippen molar-refractivity contribution in [1.82, 2.24) is 5.32 Å². The summed E-state index contributed by atoms with van der Waals surface area (Å²) in [6, 6.07) is 10.1. The van der Waals surface area contributed by atoms with Gasteiger partial charge in [-0.25, -0.2) is 9.18 Å². The lowest BCUT2D eigenvalue weighted by molar-refractivity contribution is -0.132. The summed E-state index contributed by atoms with van der Waals surface area (Å²) in [5.74, 6) is -2.06. The van der Waals surface area contributed by atoms with Gasteiger partial charge in [0.1, 0.15) is 23.7 Å². The van der Waals surface area contributed by atoms with E-state index in [0.717, 1.165) is 11.8 Å². The molecule has 0 aromatic heterocycles. The van der Waals surface area contributed by atoms with Crippen molar-refractivity contribution < 1.29 is 28.9 Å². The van der Waals surface area contributed by atoms with Gasteiger partial charge in [-0.2, -0.15) is 0 Å².